The minimum Gasteiger partial charge on any atom is -0.365 e. The topological polar surface area (TPSA) is 101 Å². The number of nitrogens with two attached hydrogens (primary N) is 1. The third-order valence-corrected chi connectivity index (χ3v) is 6.85. The first kappa shape index (κ1) is 22.3. The second-order valence-corrected chi connectivity index (χ2v) is 9.24. The summed E-state index contributed by atoms with van der Waals surface area (Å²) < 4.78 is 16.9. The summed E-state index contributed by atoms with van der Waals surface area (Å²) in [5, 5.41) is 4.65. The van der Waals surface area contributed by atoms with Crippen molar-refractivity contribution in [1.82, 2.24) is 14.5 Å². The zero-order chi connectivity index (χ0) is 24.1. The van der Waals surface area contributed by atoms with E-state index in [0.29, 0.717) is 42.1 Å². The molecule has 0 radical (unpaired) electrons. The number of fused-ring (bicyclic) bond motifs is 1. The van der Waals surface area contributed by atoms with Crippen molar-refractivity contribution in [3.63, 3.8) is 0 Å². The Bertz CT molecular complexity index is 1340. The number of anilines is 1. The summed E-state index contributed by atoms with van der Waals surface area (Å²) in [7, 11) is 0. The zero-order valence-electron chi connectivity index (χ0n) is 18.5. The van der Waals surface area contributed by atoms with Gasteiger partial charge in [-0.25, -0.2) is 8.91 Å². The van der Waals surface area contributed by atoms with E-state index in [9.17, 15) is 14.4 Å². The number of carbonyl (C=O) groups is 3. The minimum atomic E-state index is -0.718. The first-order valence-electron chi connectivity index (χ1n) is 11.1. The summed E-state index contributed by atoms with van der Waals surface area (Å²) in [5.74, 6) is -1.09. The van der Waals surface area contributed by atoms with Gasteiger partial charge in [-0.05, 0) is 50.1 Å². The highest BCUT2D eigenvalue weighted by molar-refractivity contribution is 6.34. The molecule has 1 atom stereocenters. The number of halogens is 2. The molecule has 2 aliphatic rings. The molecule has 1 aliphatic heterocycles. The number of piperazine rings is 1. The largest absolute Gasteiger partial charge is 0.365 e. The van der Waals surface area contributed by atoms with Gasteiger partial charge in [0.1, 0.15) is 11.5 Å². The summed E-state index contributed by atoms with van der Waals surface area (Å²) in [6, 6.07) is 7.78. The lowest BCUT2D eigenvalue weighted by atomic mass is 10.0. The maximum atomic E-state index is 15.6. The fourth-order valence-corrected chi connectivity index (χ4v) is 4.86. The van der Waals surface area contributed by atoms with Gasteiger partial charge in [-0.2, -0.15) is 5.10 Å². The van der Waals surface area contributed by atoms with Crippen LogP contribution < -0.4 is 10.6 Å². The Morgan fingerprint density at radius 1 is 1.21 bits per heavy atom. The average molecular weight is 484 g/mol. The molecular weight excluding hydrogens is 461 g/mol. The van der Waals surface area contributed by atoms with Gasteiger partial charge < -0.3 is 15.5 Å². The van der Waals surface area contributed by atoms with Crippen LogP contribution in [0.4, 0.5) is 10.1 Å². The van der Waals surface area contributed by atoms with Crippen LogP contribution in [0.15, 0.2) is 30.3 Å². The number of amides is 2. The Hall–Kier alpha value is -3.46. The van der Waals surface area contributed by atoms with Crippen LogP contribution in [0.25, 0.3) is 16.8 Å². The molecule has 3 aromatic rings. The molecule has 2 fully saturated rings. The Labute approximate surface area is 200 Å². The van der Waals surface area contributed by atoms with Gasteiger partial charge in [0, 0.05) is 37.2 Å². The second-order valence-electron chi connectivity index (χ2n) is 8.84. The third-order valence-electron chi connectivity index (χ3n) is 6.55. The second kappa shape index (κ2) is 8.39. The van der Waals surface area contributed by atoms with E-state index < -0.39 is 11.7 Å². The van der Waals surface area contributed by atoms with Crippen LogP contribution in [0.1, 0.15) is 40.6 Å². The maximum absolute atomic E-state index is 15.6. The molecule has 1 aromatic carbocycles. The number of rotatable bonds is 5. The summed E-state index contributed by atoms with van der Waals surface area (Å²) in [6.45, 7) is 3.53. The molecule has 2 amide bonds. The average Bonchev–Trinajstić information content (AvgIpc) is 3.61. The van der Waals surface area contributed by atoms with E-state index in [-0.39, 0.29) is 40.4 Å². The summed E-state index contributed by atoms with van der Waals surface area (Å²) in [4.78, 5) is 40.0. The van der Waals surface area contributed by atoms with Crippen LogP contribution in [-0.4, -0.2) is 58.3 Å². The number of hydrogen-bond acceptors (Lipinski definition) is 5. The first-order chi connectivity index (χ1) is 16.3. The fourth-order valence-electron chi connectivity index (χ4n) is 4.61. The fraction of sp³-hybridized carbons (Fsp3) is 0.333. The number of aldehydes is 1. The molecule has 8 nitrogen and oxygen atoms in total. The van der Waals surface area contributed by atoms with Crippen molar-refractivity contribution in [2.45, 2.75) is 25.8 Å². The first-order valence-corrected chi connectivity index (χ1v) is 11.5. The highest BCUT2D eigenvalue weighted by atomic mass is 35.5. The summed E-state index contributed by atoms with van der Waals surface area (Å²) in [5.41, 5.74) is 6.68. The van der Waals surface area contributed by atoms with E-state index in [4.69, 9.17) is 17.3 Å². The molecule has 1 aliphatic carbocycles. The number of primary amides is 1. The molecule has 2 aromatic heterocycles. The van der Waals surface area contributed by atoms with E-state index in [1.165, 1.54) is 10.6 Å². The van der Waals surface area contributed by atoms with E-state index in [1.54, 1.807) is 24.3 Å². The van der Waals surface area contributed by atoms with Crippen molar-refractivity contribution in [3.8, 4) is 11.3 Å². The SMILES string of the molecule is CC1CN(C(=O)C2CC2)CCN1c1ccc(-c2ccc3c(Cl)cc(C(N)=O)n3n2)c(F)c1C=O. The van der Waals surface area contributed by atoms with Gasteiger partial charge in [0.05, 0.1) is 27.5 Å². The van der Waals surface area contributed by atoms with Crippen molar-refractivity contribution < 1.29 is 18.8 Å². The molecular formula is C24H23ClFN5O3. The van der Waals surface area contributed by atoms with Crippen LogP contribution in [-0.2, 0) is 4.79 Å². The number of benzene rings is 1. The molecule has 0 spiro atoms. The van der Waals surface area contributed by atoms with Gasteiger partial charge >= 0.3 is 0 Å². The summed E-state index contributed by atoms with van der Waals surface area (Å²) >= 11 is 6.15. The van der Waals surface area contributed by atoms with Crippen LogP contribution in [0.2, 0.25) is 5.02 Å². The molecule has 0 bridgehead atoms. The van der Waals surface area contributed by atoms with Crippen molar-refractivity contribution in [2.24, 2.45) is 11.7 Å². The smallest absolute Gasteiger partial charge is 0.267 e. The molecule has 1 saturated carbocycles. The monoisotopic (exact) mass is 483 g/mol. The van der Waals surface area contributed by atoms with Gasteiger partial charge in [0.2, 0.25) is 5.91 Å². The predicted molar refractivity (Wildman–Crippen MR) is 126 cm³/mol. The van der Waals surface area contributed by atoms with Crippen molar-refractivity contribution >= 4 is 40.9 Å². The lowest BCUT2D eigenvalue weighted by Crippen LogP contribution is -2.54. The van der Waals surface area contributed by atoms with E-state index in [1.807, 2.05) is 16.7 Å². The van der Waals surface area contributed by atoms with Gasteiger partial charge in [0.15, 0.2) is 6.29 Å². The van der Waals surface area contributed by atoms with Gasteiger partial charge in [-0.15, -0.1) is 0 Å². The van der Waals surface area contributed by atoms with E-state index >= 15 is 4.39 Å². The summed E-state index contributed by atoms with van der Waals surface area (Å²) in [6.07, 6.45) is 2.40. The van der Waals surface area contributed by atoms with Crippen LogP contribution in [0.5, 0.6) is 0 Å². The maximum Gasteiger partial charge on any atom is 0.267 e. The Balaban J connectivity index is 1.49. The molecule has 5 rings (SSSR count). The molecule has 10 heteroatoms. The Morgan fingerprint density at radius 2 is 1.97 bits per heavy atom. The molecule has 2 N–H and O–H groups in total. The van der Waals surface area contributed by atoms with Crippen LogP contribution in [0.3, 0.4) is 0 Å². The third kappa shape index (κ3) is 3.69. The number of nitrogens with zero attached hydrogens (tertiary/aromatic N) is 4. The predicted octanol–water partition coefficient (Wildman–Crippen LogP) is 3.15. The lowest BCUT2D eigenvalue weighted by Gasteiger charge is -2.42. The van der Waals surface area contributed by atoms with Gasteiger partial charge in [0.25, 0.3) is 5.91 Å². The zero-order valence-corrected chi connectivity index (χ0v) is 19.3. The Morgan fingerprint density at radius 3 is 2.62 bits per heavy atom. The van der Waals surface area contributed by atoms with Crippen molar-refractivity contribution in [3.05, 3.63) is 52.4 Å². The normalized spacial score (nSPS) is 18.4. The molecule has 3 heterocycles. The lowest BCUT2D eigenvalue weighted by molar-refractivity contribution is -0.133. The number of aromatic nitrogens is 2. The van der Waals surface area contributed by atoms with Crippen molar-refractivity contribution in [1.29, 1.82) is 0 Å². The van der Waals surface area contributed by atoms with Crippen LogP contribution >= 0.6 is 11.6 Å². The van der Waals surface area contributed by atoms with Crippen molar-refractivity contribution in [2.75, 3.05) is 24.5 Å². The van der Waals surface area contributed by atoms with E-state index in [2.05, 4.69) is 5.10 Å². The highest BCUT2D eigenvalue weighted by Crippen LogP contribution is 2.35. The standard InChI is InChI=1S/C24H23ClFN5O3/c1-13-11-29(24(34)14-2-3-14)8-9-30(13)19-6-4-15(22(26)16(19)12-32)18-5-7-20-17(25)10-21(23(27)33)31(20)28-18/h4-7,10,12-14H,2-3,8-9,11H2,1H3,(H2,27,33). The molecule has 1 saturated heterocycles. The van der Waals surface area contributed by atoms with Gasteiger partial charge in [-0.1, -0.05) is 11.6 Å². The van der Waals surface area contributed by atoms with E-state index in [0.717, 1.165) is 12.8 Å². The molecule has 34 heavy (non-hydrogen) atoms. The molecule has 176 valence electrons. The number of carbonyl (C=O) groups excluding carboxylic acids is 3. The molecule has 1 unspecified atom stereocenters. The minimum absolute atomic E-state index is 0.0712. The quantitative estimate of drug-likeness (QED) is 0.562. The van der Waals surface area contributed by atoms with Crippen LogP contribution in [0, 0.1) is 11.7 Å². The van der Waals surface area contributed by atoms with Gasteiger partial charge in [-0.3, -0.25) is 14.4 Å². The Kier molecular flexibility index (Phi) is 5.51. The highest BCUT2D eigenvalue weighted by Gasteiger charge is 2.37. The number of hydrogen-bond donors (Lipinski definition) is 1.